The maximum atomic E-state index is 2.56. The molecular weight excluding hydrogens is 978 g/mol. The van der Waals surface area contributed by atoms with Crippen LogP contribution in [0, 0.1) is 0 Å². The summed E-state index contributed by atoms with van der Waals surface area (Å²) in [5.74, 6) is 0. The van der Waals surface area contributed by atoms with Crippen molar-refractivity contribution in [2.45, 2.75) is 0 Å². The van der Waals surface area contributed by atoms with E-state index in [-0.39, 0.29) is 0 Å². The van der Waals surface area contributed by atoms with Gasteiger partial charge in [-0.2, -0.15) is 0 Å². The Morgan fingerprint density at radius 2 is 0.472 bits per heavy atom. The van der Waals surface area contributed by atoms with E-state index in [4.69, 9.17) is 0 Å². The summed E-state index contributed by atoms with van der Waals surface area (Å²) in [6.45, 7) is 0. The van der Waals surface area contributed by atoms with Gasteiger partial charge in [-0.25, -0.2) is 0 Å². The second kappa shape index (κ2) is 18.9. The molecule has 11 aromatic carbocycles. The normalized spacial score (nSPS) is 12.1. The Morgan fingerprint density at radius 3 is 0.764 bits per heavy atom. The van der Waals surface area contributed by atoms with Gasteiger partial charge in [0.05, 0.1) is 0 Å². The van der Waals surface area contributed by atoms with Crippen LogP contribution in [0.5, 0.6) is 0 Å². The van der Waals surface area contributed by atoms with Crippen molar-refractivity contribution in [3.63, 3.8) is 0 Å². The molecule has 0 aromatic heterocycles. The van der Waals surface area contributed by atoms with Gasteiger partial charge in [-0.3, -0.25) is 0 Å². The van der Waals surface area contributed by atoms with E-state index in [9.17, 15) is 0 Å². The number of hydrogen-bond donors (Lipinski definition) is 0. The first-order chi connectivity index (χ1) is 35.8. The first kappa shape index (κ1) is 43.3. The summed E-state index contributed by atoms with van der Waals surface area (Å²) in [7, 11) is 0. The van der Waals surface area contributed by atoms with E-state index in [1.54, 1.807) is 0 Å². The van der Waals surface area contributed by atoms with Gasteiger partial charge >= 0.3 is 432 Å². The third-order valence-corrected chi connectivity index (χ3v) is 23.6. The number of fused-ring (bicyclic) bond motifs is 4. The molecule has 0 amide bonds. The minimum atomic E-state index is -3.43. The van der Waals surface area contributed by atoms with Crippen molar-refractivity contribution in [2.24, 2.45) is 0 Å². The summed E-state index contributed by atoms with van der Waals surface area (Å²) in [6.07, 6.45) is 0. The van der Waals surface area contributed by atoms with Crippen molar-refractivity contribution in [3.05, 3.63) is 291 Å². The van der Waals surface area contributed by atoms with Gasteiger partial charge in [-0.1, -0.05) is 0 Å². The second-order valence-corrected chi connectivity index (χ2v) is 25.8. The first-order valence-corrected chi connectivity index (χ1v) is 29.6. The van der Waals surface area contributed by atoms with Crippen LogP contribution >= 0.6 is 0 Å². The average Bonchev–Trinajstić information content (AvgIpc) is 3.45. The Labute approximate surface area is 429 Å². The number of hydrogen-bond acceptors (Lipinski definition) is 5. The zero-order valence-corrected chi connectivity index (χ0v) is 42.8. The maximum absolute atomic E-state index is 3.43. The van der Waals surface area contributed by atoms with Crippen LogP contribution in [0.2, 0.25) is 0 Å². The minimum absolute atomic E-state index is 1.08. The van der Waals surface area contributed by atoms with Crippen LogP contribution in [0.25, 0.3) is 0 Å². The molecule has 0 bridgehead atoms. The molecular formula is C66H48InN5. The van der Waals surface area contributed by atoms with Crippen LogP contribution in [0.3, 0.4) is 0 Å². The van der Waals surface area contributed by atoms with Gasteiger partial charge in [-0.05, 0) is 0 Å². The van der Waals surface area contributed by atoms with Gasteiger partial charge in [0.15, 0.2) is 0 Å². The predicted octanol–water partition coefficient (Wildman–Crippen LogP) is 16.2. The van der Waals surface area contributed by atoms with Crippen molar-refractivity contribution >= 4 is 117 Å². The van der Waals surface area contributed by atoms with Crippen molar-refractivity contribution in [1.29, 1.82) is 0 Å². The molecule has 0 spiro atoms. The molecule has 13 rings (SSSR count). The average molecular weight is 1030 g/mol. The summed E-state index contributed by atoms with van der Waals surface area (Å²) in [4.78, 5) is 12.3. The van der Waals surface area contributed by atoms with E-state index in [1.807, 2.05) is 0 Å². The molecule has 0 fully saturated rings. The fraction of sp³-hybridized carbons (Fsp3) is 0. The topological polar surface area (TPSA) is 16.2 Å². The Morgan fingerprint density at radius 1 is 0.222 bits per heavy atom. The third-order valence-electron chi connectivity index (χ3n) is 13.9. The van der Waals surface area contributed by atoms with Crippen LogP contribution in [-0.2, 0) is 0 Å². The summed E-state index contributed by atoms with van der Waals surface area (Å²) in [6, 6.07) is 106. The van der Waals surface area contributed by atoms with Gasteiger partial charge in [0.1, 0.15) is 0 Å². The fourth-order valence-electron chi connectivity index (χ4n) is 10.9. The summed E-state index contributed by atoms with van der Waals surface area (Å²) in [5, 5.41) is 0. The second-order valence-electron chi connectivity index (χ2n) is 18.2. The van der Waals surface area contributed by atoms with Crippen LogP contribution in [-0.4, -0.2) is 21.4 Å². The Balaban J connectivity index is 1.13. The van der Waals surface area contributed by atoms with E-state index in [0.29, 0.717) is 0 Å². The summed E-state index contributed by atoms with van der Waals surface area (Å²) in [5.41, 5.74) is 17.0. The van der Waals surface area contributed by atoms with Crippen LogP contribution < -0.4 is 34.5 Å². The Kier molecular flexibility index (Phi) is 11.4. The Bertz CT molecular complexity index is 3330. The SMILES string of the molecule is c1ccc(N(c2ccccc2)c2cc[c]3c(c2)N(c2ccccc2)c2cc(N(c4ccccc4)c4ccccc4)cc4[c]2[In]3[c]2ccc(N(c3ccccc3)c3ccccc3)cc2N4c2ccccc2)cc1. The van der Waals surface area contributed by atoms with Gasteiger partial charge in [0, 0.05) is 0 Å². The standard InChI is InChI=1S/C66H48N5.In/c1-9-27-52(28-10-1)67(53-29-11-2-12-30-53)60-43-25-45-62(47-60)70(58-39-21-7-22-40-58)65-49-64(69(56-35-17-5-18-36-56)57-37-19-6-20-38-57)50-66(51-65)71(59-41-23-8-24-42-59)63-46-26-44-61(48-63)68(54-31-13-3-14-32-54)55-33-15-4-16-34-55;/h1-44,47-50H;. The summed E-state index contributed by atoms with van der Waals surface area (Å²) < 4.78 is 4.35. The van der Waals surface area contributed by atoms with E-state index in [0.717, 1.165) is 62.6 Å². The molecule has 0 aliphatic carbocycles. The first-order valence-electron chi connectivity index (χ1n) is 24.6. The molecule has 0 saturated heterocycles. The molecule has 0 atom stereocenters. The molecule has 0 radical (unpaired) electrons. The monoisotopic (exact) mass is 1030 g/mol. The predicted molar refractivity (Wildman–Crippen MR) is 305 cm³/mol. The molecule has 2 heterocycles. The van der Waals surface area contributed by atoms with Crippen molar-refractivity contribution in [3.8, 4) is 0 Å². The number of nitrogens with zero attached hydrogens (tertiary/aromatic N) is 5. The number of benzene rings is 11. The van der Waals surface area contributed by atoms with Crippen molar-refractivity contribution in [2.75, 3.05) is 24.5 Å². The zero-order chi connectivity index (χ0) is 47.8. The molecule has 2 aliphatic rings. The molecule has 5 nitrogen and oxygen atoms in total. The quantitative estimate of drug-likeness (QED) is 0.128. The van der Waals surface area contributed by atoms with Crippen molar-refractivity contribution < 1.29 is 0 Å². The molecule has 6 heteroatoms. The van der Waals surface area contributed by atoms with Gasteiger partial charge in [0.2, 0.25) is 0 Å². The molecule has 72 heavy (non-hydrogen) atoms. The third kappa shape index (κ3) is 7.77. The van der Waals surface area contributed by atoms with E-state index >= 15 is 0 Å². The Hall–Kier alpha value is -8.71. The number of para-hydroxylation sites is 8. The number of anilines is 15. The van der Waals surface area contributed by atoms with Crippen LogP contribution in [0.4, 0.5) is 85.3 Å². The van der Waals surface area contributed by atoms with Gasteiger partial charge < -0.3 is 0 Å². The van der Waals surface area contributed by atoms with Crippen molar-refractivity contribution in [1.82, 2.24) is 0 Å². The zero-order valence-electron chi connectivity index (χ0n) is 39.5. The van der Waals surface area contributed by atoms with E-state index in [1.165, 1.54) is 32.7 Å². The summed E-state index contributed by atoms with van der Waals surface area (Å²) >= 11 is -3.43. The molecule has 340 valence electrons. The molecule has 11 aromatic rings. The van der Waals surface area contributed by atoms with Crippen LogP contribution in [0.1, 0.15) is 0 Å². The van der Waals surface area contributed by atoms with E-state index < -0.39 is 21.4 Å². The number of rotatable bonds is 11. The van der Waals surface area contributed by atoms with E-state index in [2.05, 4.69) is 316 Å². The molecule has 0 unspecified atom stereocenters. The molecule has 0 N–H and O–H groups in total. The molecule has 0 saturated carbocycles. The van der Waals surface area contributed by atoms with Crippen LogP contribution in [0.15, 0.2) is 291 Å². The van der Waals surface area contributed by atoms with Gasteiger partial charge in [-0.15, -0.1) is 0 Å². The fourth-order valence-corrected chi connectivity index (χ4v) is 21.1. The molecule has 2 aliphatic heterocycles. The van der Waals surface area contributed by atoms with Gasteiger partial charge in [0.25, 0.3) is 0 Å².